The lowest BCUT2D eigenvalue weighted by Gasteiger charge is -2.19. The van der Waals surface area contributed by atoms with Gasteiger partial charge >= 0.3 is 17.9 Å². The largest absolute Gasteiger partial charge is 0.489 e. The number of carboxylic acid groups (broad SMARTS) is 2. The third-order valence-corrected chi connectivity index (χ3v) is 28.8. The molecule has 12 N–H and O–H groups in total. The Labute approximate surface area is 759 Å². The van der Waals surface area contributed by atoms with Gasteiger partial charge in [0.1, 0.15) is 61.8 Å². The van der Waals surface area contributed by atoms with Gasteiger partial charge < -0.3 is 62.2 Å². The van der Waals surface area contributed by atoms with Gasteiger partial charge in [-0.05, 0) is 163 Å². The second kappa shape index (κ2) is 39.6. The highest BCUT2D eigenvalue weighted by Gasteiger charge is 2.54. The molecule has 8 aromatic carbocycles. The molecule has 36 heteroatoms. The first-order chi connectivity index (χ1) is 60.9. The van der Waals surface area contributed by atoms with Gasteiger partial charge in [-0.15, -0.1) is 51.0 Å². The maximum atomic E-state index is 12.8. The fourth-order valence-corrected chi connectivity index (χ4v) is 20.0. The molecule has 7 heterocycles. The van der Waals surface area contributed by atoms with Gasteiger partial charge in [0, 0.05) is 41.2 Å². The summed E-state index contributed by atoms with van der Waals surface area (Å²) in [5.74, 6) is 3.11. The first-order valence-electron chi connectivity index (χ1n) is 40.2. The number of nitrogens with zero attached hydrogens (tertiary/aromatic N) is 12. The predicted molar refractivity (Wildman–Crippen MR) is 491 cm³/mol. The second-order valence-corrected chi connectivity index (χ2v) is 37.5. The van der Waals surface area contributed by atoms with Crippen molar-refractivity contribution in [3.8, 4) is 11.5 Å². The van der Waals surface area contributed by atoms with Crippen LogP contribution in [-0.4, -0.2) is 148 Å². The number of rotatable bonds is 16. The number of nitrogens with one attached hydrogen (secondary N) is 2. The summed E-state index contributed by atoms with van der Waals surface area (Å²) >= 11 is 14.6. The summed E-state index contributed by atoms with van der Waals surface area (Å²) in [6.07, 6.45) is 12.4. The number of amides is 3. The van der Waals surface area contributed by atoms with Crippen LogP contribution >= 0.6 is 84.8 Å². The van der Waals surface area contributed by atoms with Gasteiger partial charge in [-0.1, -0.05) is 263 Å². The van der Waals surface area contributed by atoms with E-state index in [1.807, 2.05) is 139 Å². The summed E-state index contributed by atoms with van der Waals surface area (Å²) in [4.78, 5) is 73.4. The lowest BCUT2D eigenvalue weighted by molar-refractivity contribution is -0.140. The molecule has 3 amide bonds. The van der Waals surface area contributed by atoms with E-state index in [2.05, 4.69) is 186 Å². The number of aliphatic carboxylic acids is 1. The van der Waals surface area contributed by atoms with E-state index in [-0.39, 0.29) is 67.2 Å². The zero-order chi connectivity index (χ0) is 88.8. The van der Waals surface area contributed by atoms with Crippen LogP contribution in [0.3, 0.4) is 0 Å². The van der Waals surface area contributed by atoms with E-state index in [0.29, 0.717) is 27.3 Å². The monoisotopic (exact) mass is 1870 g/mol. The molecule has 0 spiro atoms. The zero-order valence-electron chi connectivity index (χ0n) is 68.6. The fourth-order valence-electron chi connectivity index (χ4n) is 14.7. The molecule has 5 aromatic heterocycles. The van der Waals surface area contributed by atoms with E-state index in [1.54, 1.807) is 31.5 Å². The predicted octanol–water partition coefficient (Wildman–Crippen LogP) is 13.9. The number of aromatic nitrogens is 10. The Morgan fingerprint density at radius 1 is 0.452 bits per heavy atom. The number of para-hydroxylation sites is 4. The van der Waals surface area contributed by atoms with E-state index >= 15 is 0 Å². The highest BCUT2D eigenvalue weighted by Crippen LogP contribution is 2.58. The second-order valence-electron chi connectivity index (χ2n) is 30.8. The van der Waals surface area contributed by atoms with Crippen LogP contribution in [0.5, 0.6) is 11.5 Å². The Hall–Kier alpha value is -12.1. The third kappa shape index (κ3) is 20.5. The Morgan fingerprint density at radius 3 is 1.12 bits per heavy atom. The van der Waals surface area contributed by atoms with Crippen LogP contribution in [0.1, 0.15) is 165 Å². The Kier molecular flexibility index (Phi) is 28.3. The van der Waals surface area contributed by atoms with Crippen molar-refractivity contribution in [1.82, 2.24) is 61.7 Å². The van der Waals surface area contributed by atoms with Gasteiger partial charge in [0.05, 0.1) is 23.9 Å². The minimum atomic E-state index is -1.00. The lowest BCUT2D eigenvalue weighted by atomic mass is 9.97. The number of nitrogens with two attached hydrogens (primary N) is 4. The summed E-state index contributed by atoms with van der Waals surface area (Å²) in [5.41, 5.74) is 26.3. The minimum absolute atomic E-state index is 0.0226. The van der Waals surface area contributed by atoms with Crippen molar-refractivity contribution in [2.24, 2.45) is 17.3 Å². The van der Waals surface area contributed by atoms with Crippen molar-refractivity contribution >= 4 is 142 Å². The van der Waals surface area contributed by atoms with Gasteiger partial charge in [-0.3, -0.25) is 19.2 Å². The maximum absolute atomic E-state index is 12.8. The summed E-state index contributed by atoms with van der Waals surface area (Å²) in [5, 5.41) is 67.3. The van der Waals surface area contributed by atoms with Crippen LogP contribution in [0.15, 0.2) is 234 Å². The number of hydrogen-bond donors (Lipinski definition) is 8. The van der Waals surface area contributed by atoms with E-state index in [4.69, 9.17) is 36.9 Å². The molecule has 0 bridgehead atoms. The number of fused-ring (bicyclic) bond motifs is 2. The highest BCUT2D eigenvalue weighted by molar-refractivity contribution is 9.11. The number of carbonyl (C=O) groups is 6. The van der Waals surface area contributed by atoms with Crippen molar-refractivity contribution < 1.29 is 53.2 Å². The molecule has 0 unspecified atom stereocenters. The van der Waals surface area contributed by atoms with E-state index in [1.165, 1.54) is 103 Å². The lowest BCUT2D eigenvalue weighted by Crippen LogP contribution is -2.49. The molecule has 126 heavy (non-hydrogen) atoms. The molecule has 2 aliphatic heterocycles. The van der Waals surface area contributed by atoms with Crippen molar-refractivity contribution in [2.75, 3.05) is 50.0 Å². The summed E-state index contributed by atoms with van der Waals surface area (Å²) in [7, 11) is 4.73. The van der Waals surface area contributed by atoms with Crippen molar-refractivity contribution in [3.63, 3.8) is 0 Å². The van der Waals surface area contributed by atoms with Gasteiger partial charge in [0.15, 0.2) is 9.03 Å². The fraction of sp³-hybridized carbons (Fsp3) is 0.278. The molecule has 8 aliphatic rings. The van der Waals surface area contributed by atoms with Crippen LogP contribution in [0.4, 0.5) is 16.5 Å². The molecule has 2 atom stereocenters. The van der Waals surface area contributed by atoms with Gasteiger partial charge in [-0.2, -0.15) is 0 Å². The molecule has 29 nitrogen and oxygen atoms in total. The number of anilines is 3. The Morgan fingerprint density at radius 2 is 0.778 bits per heavy atom. The van der Waals surface area contributed by atoms with E-state index in [9.17, 15) is 28.8 Å². The van der Waals surface area contributed by atoms with Crippen LogP contribution in [-0.2, 0) is 51.6 Å². The Balaban J connectivity index is 0.000000121. The van der Waals surface area contributed by atoms with Crippen molar-refractivity contribution in [1.29, 1.82) is 0 Å². The van der Waals surface area contributed by atoms with Crippen LogP contribution < -0.4 is 53.1 Å². The van der Waals surface area contributed by atoms with Gasteiger partial charge in [-0.25, -0.2) is 15.4 Å². The number of likely N-dealkylation sites (N-methyl/N-ethyl adjacent to an activating group) is 2. The average molecular weight is 1870 g/mol. The first kappa shape index (κ1) is 90.1. The molecule has 13 aromatic rings. The molecule has 0 saturated heterocycles. The van der Waals surface area contributed by atoms with Crippen molar-refractivity contribution in [3.05, 3.63) is 308 Å². The SMILES string of the molecule is Brc1nnc(C2(c3ccccc3)CC2)s1.CN1C(=O)[C@@H](N)COc2ccccc21.CN1C(=O)[C@@H](NC(=O)c2nnc(C3(c4ccccc4)CC3)s2)COc2ccccc21.COC(=O)c1nnc(C2(c3ccccc3)CC2)s1.NNC(N)=S.Nc1nnc(C2(c3ccccc3)CC2)s1.O=C(O)C1(c2ccccc2)CC1.O=C(O)c1nnc(C2(c3ccccc3)CC2)s1. The molecule has 21 rings (SSSR count). The summed E-state index contributed by atoms with van der Waals surface area (Å²) in [6, 6.07) is 74.4. The number of hydrazine groups is 1. The van der Waals surface area contributed by atoms with Crippen LogP contribution in [0.25, 0.3) is 0 Å². The molecule has 6 saturated carbocycles. The molecule has 0 radical (unpaired) electrons. The molecule has 6 aliphatic carbocycles. The number of carbonyl (C=O) groups excluding carboxylic acids is 4. The first-order valence-corrected chi connectivity index (χ1v) is 45.5. The van der Waals surface area contributed by atoms with Gasteiger partial charge in [0.2, 0.25) is 26.1 Å². The van der Waals surface area contributed by atoms with Crippen LogP contribution in [0, 0.1) is 0 Å². The van der Waals surface area contributed by atoms with E-state index < -0.39 is 41.3 Å². The number of ether oxygens (including phenoxy) is 3. The topological polar surface area (TPSA) is 434 Å². The zero-order valence-corrected chi connectivity index (χ0v) is 75.1. The summed E-state index contributed by atoms with van der Waals surface area (Å²) < 4.78 is 16.7. The molecular weight excluding hydrogens is 1780 g/mol. The minimum Gasteiger partial charge on any atom is -0.489 e. The number of hydrogen-bond acceptors (Lipinski definition) is 28. The normalized spacial score (nSPS) is 17.8. The van der Waals surface area contributed by atoms with Gasteiger partial charge in [0.25, 0.3) is 11.8 Å². The molecular formula is C90H89BrN18O11S6. The van der Waals surface area contributed by atoms with Crippen LogP contribution in [0.2, 0.25) is 0 Å². The number of thiocarbonyl (C=S) groups is 1. The quantitative estimate of drug-likeness (QED) is 0.0193. The number of nitrogen functional groups attached to an aromatic ring is 1. The number of carboxylic acids is 2. The third-order valence-electron chi connectivity index (χ3n) is 22.8. The maximum Gasteiger partial charge on any atom is 0.369 e. The van der Waals surface area contributed by atoms with E-state index in [0.717, 1.165) is 104 Å². The summed E-state index contributed by atoms with van der Waals surface area (Å²) in [6.45, 7) is 0.297. The number of halogens is 1. The standard InChI is InChI=1S/C22H20N4O3S.C13H12N2O2S.C12H10N2O2S.C11H9BrN2S.C11H11N3S.C10H12N2O2.C10H10O2.CH5N3S/c1-26-16-9-5-6-10-17(16)29-13-15(20(26)28)23-18(27)19-24-25-21(30-19)22(11-12-22)14-7-3-2-4-8-14;1-17-11(16)10-14-15-12(18-10)13(7-8-13)9-5-3-2-4-6-9;15-10(16)9-13-14-11(17-9)12(6-7-12)8-4-2-1-3-5-8;2*12-10-14-13-9(15-10)11(6-7-11)8-4-2-1-3-5-8;1-12-8-4-2-3-5-9(8)14-6-7(11)10(12)13;11-9(12)10(6-7-10)8-4-2-1-3-5-8;2-1(5)4-3/h2-10,15H,11-13H2,1H3,(H,23,27);2-6H,7-8H2,1H3;1-5H,6-7H2,(H,15,16);1-5H,6-7H2;1-5H,6-7H2,(H2,12,14);2-5,7H,6,11H2,1H3;1-5H,6-7H2,(H,11,12);3H2,(H3,2,4,5)/t15-;;;;;7-;;/m0....0../s1. The highest BCUT2D eigenvalue weighted by atomic mass is 79.9. The molecule has 648 valence electrons. The number of methoxy groups -OCH3 is 1. The number of benzene rings is 8. The number of aromatic carboxylic acids is 1. The Bertz CT molecular complexity index is 5860. The molecule has 6 fully saturated rings. The number of esters is 1. The smallest absolute Gasteiger partial charge is 0.369 e. The van der Waals surface area contributed by atoms with Crippen molar-refractivity contribution in [2.45, 2.75) is 122 Å². The average Bonchev–Trinajstić information content (AvgIpc) is 1.61.